The van der Waals surface area contributed by atoms with E-state index in [1.807, 2.05) is 6.07 Å². The lowest BCUT2D eigenvalue weighted by Gasteiger charge is -2.21. The van der Waals surface area contributed by atoms with E-state index in [2.05, 4.69) is 0 Å². The zero-order valence-electron chi connectivity index (χ0n) is 6.36. The van der Waals surface area contributed by atoms with Crippen molar-refractivity contribution in [2.75, 3.05) is 0 Å². The number of allylic oxidation sites excluding steroid dienone is 2. The molecule has 66 valence electrons. The summed E-state index contributed by atoms with van der Waals surface area (Å²) in [5.41, 5.74) is 0.482. The van der Waals surface area contributed by atoms with Crippen molar-refractivity contribution >= 4 is 0 Å². The first-order chi connectivity index (χ1) is 5.54. The summed E-state index contributed by atoms with van der Waals surface area (Å²) < 4.78 is 36.2. The zero-order valence-corrected chi connectivity index (χ0v) is 6.36. The van der Waals surface area contributed by atoms with Gasteiger partial charge in [0, 0.05) is 5.57 Å². The molecule has 1 rings (SSSR count). The Morgan fingerprint density at radius 1 is 1.50 bits per heavy atom. The first-order valence-electron chi connectivity index (χ1n) is 3.70. The van der Waals surface area contributed by atoms with E-state index in [1.165, 1.54) is 6.08 Å². The summed E-state index contributed by atoms with van der Waals surface area (Å²) in [6.07, 6.45) is -2.42. The van der Waals surface area contributed by atoms with E-state index in [1.54, 1.807) is 0 Å². The Hall–Kier alpha value is -0.980. The minimum absolute atomic E-state index is 0.0353. The Labute approximate surface area is 68.5 Å². The third kappa shape index (κ3) is 2.00. The van der Waals surface area contributed by atoms with Crippen molar-refractivity contribution < 1.29 is 13.2 Å². The van der Waals surface area contributed by atoms with Crippen LogP contribution in [0.5, 0.6) is 0 Å². The van der Waals surface area contributed by atoms with Crippen LogP contribution in [0.2, 0.25) is 0 Å². The highest BCUT2D eigenvalue weighted by Crippen LogP contribution is 2.36. The lowest BCUT2D eigenvalue weighted by atomic mass is 9.90. The summed E-state index contributed by atoms with van der Waals surface area (Å²) in [7, 11) is 0. The number of nitriles is 1. The lowest BCUT2D eigenvalue weighted by Crippen LogP contribution is -2.24. The topological polar surface area (TPSA) is 23.8 Å². The number of halogens is 3. The van der Waals surface area contributed by atoms with Gasteiger partial charge in [0.05, 0.1) is 12.0 Å². The molecule has 1 unspecified atom stereocenters. The highest BCUT2D eigenvalue weighted by molar-refractivity contribution is 5.22. The fourth-order valence-corrected chi connectivity index (χ4v) is 1.23. The molecule has 0 radical (unpaired) electrons. The third-order valence-electron chi connectivity index (χ3n) is 2.02. The van der Waals surface area contributed by atoms with Crippen LogP contribution in [-0.2, 0) is 0 Å². The standard InChI is InChI=1S/C8H8F3N/c9-8(10,11)7-3-1-6(5-12)2-4-7/h1,7H,2-4H2. The predicted molar refractivity (Wildman–Crippen MR) is 37.1 cm³/mol. The molecule has 4 heteroatoms. The van der Waals surface area contributed by atoms with Crippen LogP contribution in [0.3, 0.4) is 0 Å². The molecule has 12 heavy (non-hydrogen) atoms. The van der Waals surface area contributed by atoms with Gasteiger partial charge in [-0.25, -0.2) is 0 Å². The monoisotopic (exact) mass is 175 g/mol. The minimum atomic E-state index is -4.10. The van der Waals surface area contributed by atoms with E-state index in [9.17, 15) is 13.2 Å². The van der Waals surface area contributed by atoms with Gasteiger partial charge < -0.3 is 0 Å². The van der Waals surface area contributed by atoms with Crippen LogP contribution in [0.25, 0.3) is 0 Å². The molecule has 0 aliphatic heterocycles. The van der Waals surface area contributed by atoms with Crippen molar-refractivity contribution in [3.63, 3.8) is 0 Å². The minimum Gasteiger partial charge on any atom is -0.193 e. The molecule has 0 amide bonds. The summed E-state index contributed by atoms with van der Waals surface area (Å²) in [5.74, 6) is -1.24. The number of rotatable bonds is 0. The van der Waals surface area contributed by atoms with Crippen LogP contribution in [-0.4, -0.2) is 6.18 Å². The van der Waals surface area contributed by atoms with E-state index < -0.39 is 12.1 Å². The molecule has 0 aromatic heterocycles. The maximum atomic E-state index is 12.1. The largest absolute Gasteiger partial charge is 0.392 e. The first kappa shape index (κ1) is 9.11. The van der Waals surface area contributed by atoms with Crippen LogP contribution in [0, 0.1) is 17.2 Å². The van der Waals surface area contributed by atoms with Crippen molar-refractivity contribution in [1.82, 2.24) is 0 Å². The molecule has 0 saturated carbocycles. The number of alkyl halides is 3. The van der Waals surface area contributed by atoms with Gasteiger partial charge in [-0.05, 0) is 19.3 Å². The van der Waals surface area contributed by atoms with E-state index in [4.69, 9.17) is 5.26 Å². The van der Waals surface area contributed by atoms with Gasteiger partial charge in [0.15, 0.2) is 0 Å². The van der Waals surface area contributed by atoms with Crippen LogP contribution in [0.1, 0.15) is 19.3 Å². The molecule has 0 bridgehead atoms. The van der Waals surface area contributed by atoms with Gasteiger partial charge in [0.25, 0.3) is 0 Å². The molecule has 1 nitrogen and oxygen atoms in total. The highest BCUT2D eigenvalue weighted by Gasteiger charge is 2.39. The van der Waals surface area contributed by atoms with Crippen molar-refractivity contribution in [3.05, 3.63) is 11.6 Å². The smallest absolute Gasteiger partial charge is 0.193 e. The summed E-state index contributed by atoms with van der Waals surface area (Å²) in [6.45, 7) is 0. The van der Waals surface area contributed by atoms with Gasteiger partial charge in [0.2, 0.25) is 0 Å². The van der Waals surface area contributed by atoms with Crippen molar-refractivity contribution in [2.45, 2.75) is 25.4 Å². The highest BCUT2D eigenvalue weighted by atomic mass is 19.4. The molecule has 0 spiro atoms. The summed E-state index contributed by atoms with van der Waals surface area (Å²) in [4.78, 5) is 0. The van der Waals surface area contributed by atoms with E-state index in [0.717, 1.165) is 0 Å². The van der Waals surface area contributed by atoms with E-state index >= 15 is 0 Å². The van der Waals surface area contributed by atoms with Gasteiger partial charge in [-0.15, -0.1) is 0 Å². The maximum absolute atomic E-state index is 12.1. The zero-order chi connectivity index (χ0) is 9.19. The molecule has 0 N–H and O–H groups in total. The average Bonchev–Trinajstić information content (AvgIpc) is 2.03. The fourth-order valence-electron chi connectivity index (χ4n) is 1.23. The second-order valence-corrected chi connectivity index (χ2v) is 2.85. The van der Waals surface area contributed by atoms with Gasteiger partial charge >= 0.3 is 6.18 Å². The quantitative estimate of drug-likeness (QED) is 0.555. The number of hydrogen-bond donors (Lipinski definition) is 0. The Balaban J connectivity index is 2.59. The summed E-state index contributed by atoms with van der Waals surface area (Å²) in [6, 6.07) is 1.87. The van der Waals surface area contributed by atoms with E-state index in [0.29, 0.717) is 5.57 Å². The van der Waals surface area contributed by atoms with Crippen LogP contribution in [0.4, 0.5) is 13.2 Å². The molecule has 0 fully saturated rings. The van der Waals surface area contributed by atoms with Crippen molar-refractivity contribution in [1.29, 1.82) is 5.26 Å². The molecule has 1 atom stereocenters. The lowest BCUT2D eigenvalue weighted by molar-refractivity contribution is -0.176. The molecular weight excluding hydrogens is 167 g/mol. The van der Waals surface area contributed by atoms with E-state index in [-0.39, 0.29) is 19.3 Å². The summed E-state index contributed by atoms with van der Waals surface area (Å²) >= 11 is 0. The first-order valence-corrected chi connectivity index (χ1v) is 3.70. The normalized spacial score (nSPS) is 24.5. The van der Waals surface area contributed by atoms with Gasteiger partial charge in [-0.2, -0.15) is 18.4 Å². The van der Waals surface area contributed by atoms with Gasteiger partial charge in [-0.3, -0.25) is 0 Å². The predicted octanol–water partition coefficient (Wildman–Crippen LogP) is 2.80. The summed E-state index contributed by atoms with van der Waals surface area (Å²) in [5, 5.41) is 8.38. The SMILES string of the molecule is N#CC1=CCC(C(F)(F)F)CC1. The second-order valence-electron chi connectivity index (χ2n) is 2.85. The van der Waals surface area contributed by atoms with Gasteiger partial charge in [-0.1, -0.05) is 6.08 Å². The van der Waals surface area contributed by atoms with Gasteiger partial charge in [0.1, 0.15) is 0 Å². The van der Waals surface area contributed by atoms with Crippen molar-refractivity contribution in [2.24, 2.45) is 5.92 Å². The molecule has 0 aromatic carbocycles. The molecule has 0 aromatic rings. The van der Waals surface area contributed by atoms with Crippen molar-refractivity contribution in [3.8, 4) is 6.07 Å². The van der Waals surface area contributed by atoms with Crippen LogP contribution >= 0.6 is 0 Å². The Kier molecular flexibility index (Phi) is 2.41. The molecule has 0 saturated heterocycles. The third-order valence-corrected chi connectivity index (χ3v) is 2.02. The van der Waals surface area contributed by atoms with Crippen LogP contribution < -0.4 is 0 Å². The second kappa shape index (κ2) is 3.18. The Morgan fingerprint density at radius 2 is 2.17 bits per heavy atom. The molecule has 0 heterocycles. The number of hydrogen-bond acceptors (Lipinski definition) is 1. The maximum Gasteiger partial charge on any atom is 0.392 e. The fraction of sp³-hybridized carbons (Fsp3) is 0.625. The Bertz CT molecular complexity index is 234. The van der Waals surface area contributed by atoms with Crippen LogP contribution in [0.15, 0.2) is 11.6 Å². The molecular formula is C8H8F3N. The number of nitrogens with zero attached hydrogens (tertiary/aromatic N) is 1. The Morgan fingerprint density at radius 3 is 2.50 bits per heavy atom. The molecule has 1 aliphatic rings. The molecule has 1 aliphatic carbocycles. The average molecular weight is 175 g/mol.